The number of benzene rings is 1. The van der Waals surface area contributed by atoms with Gasteiger partial charge in [-0.05, 0) is 18.6 Å². The number of anilines is 1. The first-order chi connectivity index (χ1) is 10.7. The summed E-state index contributed by atoms with van der Waals surface area (Å²) in [4.78, 5) is 13.9. The average Bonchev–Trinajstić information content (AvgIpc) is 2.53. The van der Waals surface area contributed by atoms with Gasteiger partial charge in [-0.15, -0.1) is 0 Å². The Balaban J connectivity index is 2.31. The van der Waals surface area contributed by atoms with E-state index in [1.807, 2.05) is 18.2 Å². The molecule has 2 N–H and O–H groups in total. The summed E-state index contributed by atoms with van der Waals surface area (Å²) >= 11 is 0. The van der Waals surface area contributed by atoms with Crippen molar-refractivity contribution in [1.29, 1.82) is 0 Å². The van der Waals surface area contributed by atoms with Gasteiger partial charge in [0.2, 0.25) is 5.91 Å². The molecule has 1 aromatic carbocycles. The Morgan fingerprint density at radius 2 is 1.73 bits per heavy atom. The number of rotatable bonds is 11. The van der Waals surface area contributed by atoms with Crippen molar-refractivity contribution >= 4 is 11.6 Å². The van der Waals surface area contributed by atoms with Gasteiger partial charge in [0.25, 0.3) is 0 Å². The lowest BCUT2D eigenvalue weighted by atomic mass is 10.2. The van der Waals surface area contributed by atoms with Gasteiger partial charge >= 0.3 is 0 Å². The molecule has 0 heterocycles. The fourth-order valence-electron chi connectivity index (χ4n) is 1.94. The summed E-state index contributed by atoms with van der Waals surface area (Å²) in [6.45, 7) is 2.65. The summed E-state index contributed by atoms with van der Waals surface area (Å²) in [7, 11) is 3.24. The average molecular weight is 310 g/mol. The lowest BCUT2D eigenvalue weighted by Crippen LogP contribution is -2.36. The van der Waals surface area contributed by atoms with Crippen molar-refractivity contribution in [2.24, 2.45) is 0 Å². The van der Waals surface area contributed by atoms with Crippen molar-refractivity contribution in [3.05, 3.63) is 24.3 Å². The van der Waals surface area contributed by atoms with Crippen molar-refractivity contribution in [2.75, 3.05) is 52.9 Å². The monoisotopic (exact) mass is 310 g/mol. The van der Waals surface area contributed by atoms with Crippen molar-refractivity contribution in [3.63, 3.8) is 0 Å². The summed E-state index contributed by atoms with van der Waals surface area (Å²) < 4.78 is 15.6. The Labute approximate surface area is 132 Å². The maximum absolute atomic E-state index is 12.2. The number of carbonyl (C=O) groups is 1. The Hall–Kier alpha value is -1.79. The molecule has 0 aromatic heterocycles. The van der Waals surface area contributed by atoms with Gasteiger partial charge in [-0.3, -0.25) is 4.79 Å². The number of amides is 1. The molecule has 0 bridgehead atoms. The second-order valence-corrected chi connectivity index (χ2v) is 4.86. The minimum Gasteiger partial charge on any atom is -0.491 e. The number of methoxy groups -OCH3 is 2. The van der Waals surface area contributed by atoms with Crippen molar-refractivity contribution < 1.29 is 19.0 Å². The molecular formula is C16H26N2O4. The molecule has 0 atom stereocenters. The standard InChI is InChI=1S/C16H26N2O4/c1-20-12-9-18(10-13-21-2)16(19)8-5-11-22-15-7-4-3-6-14(15)17/h3-4,6-7H,5,8-13,17H2,1-2H3. The normalized spacial score (nSPS) is 10.5. The Morgan fingerprint density at radius 1 is 1.09 bits per heavy atom. The van der Waals surface area contributed by atoms with Gasteiger partial charge in [0.15, 0.2) is 0 Å². The molecule has 0 spiro atoms. The summed E-state index contributed by atoms with van der Waals surface area (Å²) in [5.74, 6) is 0.740. The van der Waals surface area contributed by atoms with Crippen molar-refractivity contribution in [1.82, 2.24) is 4.90 Å². The molecule has 0 fully saturated rings. The van der Waals surface area contributed by atoms with E-state index >= 15 is 0 Å². The lowest BCUT2D eigenvalue weighted by molar-refractivity contribution is -0.132. The molecule has 0 aliphatic carbocycles. The van der Waals surface area contributed by atoms with Crippen LogP contribution in [0.2, 0.25) is 0 Å². The van der Waals surface area contributed by atoms with Gasteiger partial charge in [0, 0.05) is 33.7 Å². The molecule has 0 aliphatic rings. The molecule has 124 valence electrons. The first-order valence-corrected chi connectivity index (χ1v) is 7.42. The summed E-state index contributed by atoms with van der Waals surface area (Å²) in [6.07, 6.45) is 1.07. The van der Waals surface area contributed by atoms with Crippen LogP contribution in [0.3, 0.4) is 0 Å². The summed E-state index contributed by atoms with van der Waals surface area (Å²) in [6, 6.07) is 7.33. The highest BCUT2D eigenvalue weighted by atomic mass is 16.5. The molecule has 6 heteroatoms. The number of hydrogen-bond acceptors (Lipinski definition) is 5. The van der Waals surface area contributed by atoms with Gasteiger partial charge in [-0.25, -0.2) is 0 Å². The topological polar surface area (TPSA) is 74.0 Å². The number of carbonyl (C=O) groups excluding carboxylic acids is 1. The Kier molecular flexibility index (Phi) is 9.02. The fourth-order valence-corrected chi connectivity index (χ4v) is 1.94. The quantitative estimate of drug-likeness (QED) is 0.496. The van der Waals surface area contributed by atoms with E-state index in [-0.39, 0.29) is 5.91 Å². The predicted molar refractivity (Wildman–Crippen MR) is 85.9 cm³/mol. The minimum atomic E-state index is 0.0822. The van der Waals surface area contributed by atoms with E-state index in [9.17, 15) is 4.79 Å². The van der Waals surface area contributed by atoms with Gasteiger partial charge < -0.3 is 24.8 Å². The highest BCUT2D eigenvalue weighted by molar-refractivity contribution is 5.76. The van der Waals surface area contributed by atoms with E-state index in [0.29, 0.717) is 57.2 Å². The van der Waals surface area contributed by atoms with Crippen LogP contribution in [0.15, 0.2) is 24.3 Å². The van der Waals surface area contributed by atoms with E-state index in [1.165, 1.54) is 0 Å². The number of hydrogen-bond donors (Lipinski definition) is 1. The molecule has 0 saturated heterocycles. The highest BCUT2D eigenvalue weighted by Crippen LogP contribution is 2.19. The van der Waals surface area contributed by atoms with E-state index in [0.717, 1.165) is 0 Å². The minimum absolute atomic E-state index is 0.0822. The predicted octanol–water partition coefficient (Wildman–Crippen LogP) is 1.55. The Bertz CT molecular complexity index is 432. The second kappa shape index (κ2) is 10.9. The van der Waals surface area contributed by atoms with Crippen LogP contribution in [0.1, 0.15) is 12.8 Å². The number of nitrogens with zero attached hydrogens (tertiary/aromatic N) is 1. The van der Waals surface area contributed by atoms with Crippen LogP contribution in [0, 0.1) is 0 Å². The largest absolute Gasteiger partial charge is 0.491 e. The second-order valence-electron chi connectivity index (χ2n) is 4.86. The van der Waals surface area contributed by atoms with Crippen LogP contribution in [0.5, 0.6) is 5.75 Å². The molecular weight excluding hydrogens is 284 g/mol. The smallest absolute Gasteiger partial charge is 0.222 e. The summed E-state index contributed by atoms with van der Waals surface area (Å²) in [5, 5.41) is 0. The zero-order valence-corrected chi connectivity index (χ0v) is 13.4. The van der Waals surface area contributed by atoms with E-state index in [4.69, 9.17) is 19.9 Å². The third-order valence-electron chi connectivity index (χ3n) is 3.19. The molecule has 22 heavy (non-hydrogen) atoms. The van der Waals surface area contributed by atoms with Crippen LogP contribution in [0.4, 0.5) is 5.69 Å². The third-order valence-corrected chi connectivity index (χ3v) is 3.19. The SMILES string of the molecule is COCCN(CCOC)C(=O)CCCOc1ccccc1N. The van der Waals surface area contributed by atoms with Crippen LogP contribution < -0.4 is 10.5 Å². The molecule has 0 saturated carbocycles. The van der Waals surface area contributed by atoms with E-state index in [1.54, 1.807) is 25.2 Å². The fraction of sp³-hybridized carbons (Fsp3) is 0.562. The zero-order valence-electron chi connectivity index (χ0n) is 13.4. The van der Waals surface area contributed by atoms with Crippen LogP contribution in [-0.2, 0) is 14.3 Å². The van der Waals surface area contributed by atoms with E-state index < -0.39 is 0 Å². The molecule has 0 radical (unpaired) electrons. The van der Waals surface area contributed by atoms with Gasteiger partial charge in [-0.2, -0.15) is 0 Å². The molecule has 0 aliphatic heterocycles. The first kappa shape index (κ1) is 18.3. The van der Waals surface area contributed by atoms with Crippen molar-refractivity contribution in [2.45, 2.75) is 12.8 Å². The van der Waals surface area contributed by atoms with E-state index in [2.05, 4.69) is 0 Å². The maximum atomic E-state index is 12.2. The number of nitrogen functional groups attached to an aromatic ring is 1. The highest BCUT2D eigenvalue weighted by Gasteiger charge is 2.12. The van der Waals surface area contributed by atoms with Gasteiger partial charge in [0.05, 0.1) is 25.5 Å². The first-order valence-electron chi connectivity index (χ1n) is 7.42. The van der Waals surface area contributed by atoms with Crippen LogP contribution in [-0.4, -0.2) is 57.9 Å². The third kappa shape index (κ3) is 6.78. The number of nitrogens with two attached hydrogens (primary N) is 1. The molecule has 1 rings (SSSR count). The lowest BCUT2D eigenvalue weighted by Gasteiger charge is -2.22. The number of para-hydroxylation sites is 2. The van der Waals surface area contributed by atoms with Crippen LogP contribution >= 0.6 is 0 Å². The van der Waals surface area contributed by atoms with Crippen LogP contribution in [0.25, 0.3) is 0 Å². The molecule has 1 amide bonds. The Morgan fingerprint density at radius 3 is 2.32 bits per heavy atom. The molecule has 1 aromatic rings. The van der Waals surface area contributed by atoms with Crippen molar-refractivity contribution in [3.8, 4) is 5.75 Å². The molecule has 6 nitrogen and oxygen atoms in total. The van der Waals surface area contributed by atoms with Gasteiger partial charge in [-0.1, -0.05) is 12.1 Å². The number of ether oxygens (including phenoxy) is 3. The zero-order chi connectivity index (χ0) is 16.2. The molecule has 0 unspecified atom stereocenters. The maximum Gasteiger partial charge on any atom is 0.222 e. The summed E-state index contributed by atoms with van der Waals surface area (Å²) in [5.41, 5.74) is 6.40. The van der Waals surface area contributed by atoms with Gasteiger partial charge in [0.1, 0.15) is 5.75 Å².